The number of rotatable bonds is 10. The number of benzene rings is 1. The number of ether oxygens (including phenoxy) is 5. The van der Waals surface area contributed by atoms with Crippen LogP contribution in [0, 0.1) is 35.5 Å². The van der Waals surface area contributed by atoms with Gasteiger partial charge in [-0.15, -0.1) is 10.2 Å². The van der Waals surface area contributed by atoms with E-state index < -0.39 is 95.1 Å². The van der Waals surface area contributed by atoms with Crippen LogP contribution in [0.2, 0.25) is 0 Å². The molecule has 0 amide bonds. The fourth-order valence-corrected chi connectivity index (χ4v) is 10.2. The minimum absolute atomic E-state index is 0.0486. The number of oxime groups is 1. The lowest BCUT2D eigenvalue weighted by molar-refractivity contribution is -0.295. The van der Waals surface area contributed by atoms with Crippen molar-refractivity contribution >= 4 is 46.4 Å². The second-order valence-corrected chi connectivity index (χ2v) is 18.6. The van der Waals surface area contributed by atoms with Crippen LogP contribution >= 0.6 is 11.3 Å². The number of amidine groups is 1. The highest BCUT2D eigenvalue weighted by Gasteiger charge is 2.63. The van der Waals surface area contributed by atoms with Crippen LogP contribution in [-0.2, 0) is 47.7 Å². The Morgan fingerprint density at radius 3 is 2.38 bits per heavy atom. The molecule has 17 nitrogen and oxygen atoms in total. The smallest absolute Gasteiger partial charge is 0.317 e. The first-order valence-corrected chi connectivity index (χ1v) is 21.8. The lowest BCUT2D eigenvalue weighted by atomic mass is 9.67. The molecule has 3 saturated heterocycles. The number of cyclic esters (lactones) is 1. The second kappa shape index (κ2) is 19.1. The predicted molar refractivity (Wildman–Crippen MR) is 227 cm³/mol. The van der Waals surface area contributed by atoms with Crippen LogP contribution in [0.5, 0.6) is 0 Å². The maximum Gasteiger partial charge on any atom is 0.317 e. The van der Waals surface area contributed by atoms with Gasteiger partial charge in [-0.3, -0.25) is 19.2 Å². The molecular weight excluding hydrogens is 809 g/mol. The third-order valence-electron chi connectivity index (χ3n) is 12.9. The summed E-state index contributed by atoms with van der Waals surface area (Å²) in [6.07, 6.45) is -4.71. The molecule has 0 spiro atoms. The number of nitrogens with zero attached hydrogens (tertiary/aromatic N) is 4. The van der Waals surface area contributed by atoms with Crippen LogP contribution in [0.3, 0.4) is 0 Å². The van der Waals surface area contributed by atoms with E-state index >= 15 is 0 Å². The normalized spacial score (nSPS) is 37.4. The van der Waals surface area contributed by atoms with Gasteiger partial charge in [0, 0.05) is 48.1 Å². The molecular formula is C43H64N6O11S. The van der Waals surface area contributed by atoms with Gasteiger partial charge in [0.1, 0.15) is 34.8 Å². The number of likely N-dealkylation sites (N-methyl/N-ethyl adjacent to an activating group) is 1. The molecule has 1 aromatic carbocycles. The molecule has 18 heteroatoms. The highest BCUT2D eigenvalue weighted by atomic mass is 32.1. The highest BCUT2D eigenvalue weighted by Crippen LogP contribution is 2.48. The van der Waals surface area contributed by atoms with Crippen molar-refractivity contribution in [3.8, 4) is 10.6 Å². The van der Waals surface area contributed by atoms with Gasteiger partial charge in [0.15, 0.2) is 34.6 Å². The molecule has 5 N–H and O–H groups in total. The molecule has 338 valence electrons. The van der Waals surface area contributed by atoms with E-state index in [1.165, 1.54) is 25.4 Å². The third kappa shape index (κ3) is 9.79. The Balaban J connectivity index is 1.50. The molecule has 1 unspecified atom stereocenters. The van der Waals surface area contributed by atoms with E-state index in [9.17, 15) is 24.3 Å². The molecule has 3 aliphatic heterocycles. The highest BCUT2D eigenvalue weighted by molar-refractivity contribution is 7.14. The quantitative estimate of drug-likeness (QED) is 0.0753. The molecule has 4 heterocycles. The first kappa shape index (κ1) is 48.0. The number of aliphatic hydroxyl groups excluding tert-OH is 1. The van der Waals surface area contributed by atoms with Gasteiger partial charge in [0.25, 0.3) is 0 Å². The number of Topliss-reactive ketones (excluding diaryl/α,β-unsaturated/α-hetero) is 2. The number of hydrogen-bond donors (Lipinski definition) is 3. The number of carbonyl (C=O) groups is 4. The van der Waals surface area contributed by atoms with E-state index in [-0.39, 0.29) is 36.6 Å². The first-order chi connectivity index (χ1) is 28.6. The van der Waals surface area contributed by atoms with E-state index in [1.807, 2.05) is 38.1 Å². The van der Waals surface area contributed by atoms with Crippen LogP contribution in [0.25, 0.3) is 10.6 Å². The van der Waals surface area contributed by atoms with E-state index in [0.717, 1.165) is 5.56 Å². The Bertz CT molecular complexity index is 1950. The van der Waals surface area contributed by atoms with Crippen LogP contribution in [0.1, 0.15) is 92.7 Å². The Hall–Kier alpha value is -4.07. The number of esters is 2. The summed E-state index contributed by atoms with van der Waals surface area (Å²) >= 11 is 1.28. The molecule has 0 bridgehead atoms. The number of fused-ring (bicyclic) bond motifs is 1. The van der Waals surface area contributed by atoms with Crippen molar-refractivity contribution in [2.75, 3.05) is 26.9 Å². The summed E-state index contributed by atoms with van der Waals surface area (Å²) in [5, 5.41) is 25.3. The van der Waals surface area contributed by atoms with Gasteiger partial charge in [-0.1, -0.05) is 56.3 Å². The van der Waals surface area contributed by atoms with Crippen molar-refractivity contribution in [3.05, 3.63) is 29.3 Å². The Morgan fingerprint density at radius 2 is 1.75 bits per heavy atom. The van der Waals surface area contributed by atoms with Crippen molar-refractivity contribution in [1.29, 1.82) is 0 Å². The summed E-state index contributed by atoms with van der Waals surface area (Å²) in [5.41, 5.74) is 11.0. The number of carbonyl (C=O) groups excluding carboxylic acids is 4. The summed E-state index contributed by atoms with van der Waals surface area (Å²) < 4.78 is 31.1. The maximum absolute atomic E-state index is 14.8. The maximum atomic E-state index is 14.8. The van der Waals surface area contributed by atoms with Crippen molar-refractivity contribution in [1.82, 2.24) is 15.1 Å². The SMILES string of the molecule is CC[C@@H]1OC(=O)[C@H](C)C(=O)[C@H](C)[C@@H](OC2O[C@H](C)C[C@H](N(C)C)[C@H]2O)[C@](C)(OC)C[C@@H](C)C(=O)[C@H](C)[C@H]2[C@H](/C(N)=N/O[C@@H](C)c3nnc(-c4cccc(N)c4)s3)C(=O)O[C@@]21C. The average molecular weight is 873 g/mol. The van der Waals surface area contributed by atoms with Crippen LogP contribution in [0.15, 0.2) is 29.4 Å². The lowest BCUT2D eigenvalue weighted by Gasteiger charge is -2.47. The van der Waals surface area contributed by atoms with Gasteiger partial charge >= 0.3 is 11.9 Å². The standard InChI is InChI=1S/C43H64N6O11S/c1-13-29-43(9)31(30(40(54)59-43)36(45)48-60-25(7)37-46-47-38(61-37)26-15-14-16-27(44)18-26)22(4)32(50)20(2)19-42(8,55-12)35(23(5)33(51)24(6)39(53)57-29)58-41-34(52)28(49(10)11)17-21(3)56-41/h14-16,18,20-25,28-31,34-35,41,52H,13,17,19,44H2,1-12H3,(H2,45,48)/t20-,21-,22-,23+,24-,25+,28+,29+,30-,31+,34-,35-,41?,42-,43-/m1/s1. The third-order valence-corrected chi connectivity index (χ3v) is 14.0. The summed E-state index contributed by atoms with van der Waals surface area (Å²) in [5.74, 6) is -8.92. The summed E-state index contributed by atoms with van der Waals surface area (Å²) in [4.78, 5) is 64.9. The lowest BCUT2D eigenvalue weighted by Crippen LogP contribution is -2.59. The number of aliphatic hydroxyl groups is 1. The van der Waals surface area contributed by atoms with Crippen LogP contribution in [-0.4, -0.2) is 119 Å². The van der Waals surface area contributed by atoms with Crippen molar-refractivity contribution in [3.63, 3.8) is 0 Å². The summed E-state index contributed by atoms with van der Waals surface area (Å²) in [6, 6.07) is 6.92. The van der Waals surface area contributed by atoms with Crippen molar-refractivity contribution in [2.45, 2.75) is 136 Å². The van der Waals surface area contributed by atoms with Gasteiger partial charge in [0.05, 0.1) is 17.8 Å². The topological polar surface area (TPSA) is 237 Å². The summed E-state index contributed by atoms with van der Waals surface area (Å²) in [6.45, 7) is 15.2. The van der Waals surface area contributed by atoms with Crippen LogP contribution in [0.4, 0.5) is 5.69 Å². The fraction of sp³-hybridized carbons (Fsp3) is 0.698. The molecule has 61 heavy (non-hydrogen) atoms. The number of nitrogen functional groups attached to an aromatic ring is 1. The number of anilines is 1. The molecule has 3 fully saturated rings. The number of ketones is 2. The molecule has 15 atom stereocenters. The van der Waals surface area contributed by atoms with Gasteiger partial charge in [-0.05, 0) is 80.1 Å². The average Bonchev–Trinajstić information content (AvgIpc) is 3.82. The zero-order chi connectivity index (χ0) is 45.3. The minimum Gasteiger partial charge on any atom is -0.458 e. The van der Waals surface area contributed by atoms with Gasteiger partial charge in [-0.25, -0.2) is 0 Å². The number of nitrogens with two attached hydrogens (primary N) is 2. The zero-order valence-electron chi connectivity index (χ0n) is 37.3. The van der Waals surface area contributed by atoms with Gasteiger partial charge < -0.3 is 50.0 Å². The Labute approximate surface area is 362 Å². The molecule has 0 saturated carbocycles. The largest absolute Gasteiger partial charge is 0.458 e. The Kier molecular flexibility index (Phi) is 15.0. The first-order valence-electron chi connectivity index (χ1n) is 21.0. The van der Waals surface area contributed by atoms with E-state index in [4.69, 9.17) is 40.0 Å². The molecule has 0 radical (unpaired) electrons. The molecule has 2 aromatic rings. The molecule has 0 aliphatic carbocycles. The monoisotopic (exact) mass is 872 g/mol. The van der Waals surface area contributed by atoms with E-state index in [1.54, 1.807) is 60.6 Å². The summed E-state index contributed by atoms with van der Waals surface area (Å²) in [7, 11) is 5.16. The second-order valence-electron chi connectivity index (χ2n) is 17.6. The van der Waals surface area contributed by atoms with Crippen LogP contribution < -0.4 is 11.5 Å². The number of methoxy groups -OCH3 is 1. The van der Waals surface area contributed by atoms with Gasteiger partial charge in [-0.2, -0.15) is 0 Å². The molecule has 5 rings (SSSR count). The van der Waals surface area contributed by atoms with Gasteiger partial charge in [0.2, 0.25) is 0 Å². The number of aromatic nitrogens is 2. The minimum atomic E-state index is -1.58. The molecule has 1 aromatic heterocycles. The zero-order valence-corrected chi connectivity index (χ0v) is 38.1. The number of hydrogen-bond acceptors (Lipinski definition) is 17. The van der Waals surface area contributed by atoms with E-state index in [2.05, 4.69) is 15.4 Å². The predicted octanol–water partition coefficient (Wildman–Crippen LogP) is 4.31. The van der Waals surface area contributed by atoms with Crippen molar-refractivity contribution in [2.24, 2.45) is 46.4 Å². The fourth-order valence-electron chi connectivity index (χ4n) is 9.37. The molecule has 3 aliphatic rings. The van der Waals surface area contributed by atoms with E-state index in [0.29, 0.717) is 22.1 Å². The Morgan fingerprint density at radius 1 is 1.07 bits per heavy atom. The van der Waals surface area contributed by atoms with Crippen molar-refractivity contribution < 1.29 is 52.8 Å².